The number of amides is 2. The van der Waals surface area contributed by atoms with Gasteiger partial charge < -0.3 is 10.2 Å². The number of nitrogens with one attached hydrogen (secondary N) is 1. The number of anilines is 1. The SMILES string of the molecule is O=C(Nc1ccc2c(c1)CCC2)[C@H]1CCCN(C(=O)c2ccc(F)cc2)C1. The average Bonchev–Trinajstić information content (AvgIpc) is 3.16. The number of nitrogens with zero attached hydrogens (tertiary/aromatic N) is 1. The summed E-state index contributed by atoms with van der Waals surface area (Å²) in [6.45, 7) is 1.02. The lowest BCUT2D eigenvalue weighted by Gasteiger charge is -2.32. The molecule has 0 bridgehead atoms. The number of rotatable bonds is 3. The minimum atomic E-state index is -0.364. The first kappa shape index (κ1) is 17.7. The maximum atomic E-state index is 13.1. The van der Waals surface area contributed by atoms with Gasteiger partial charge in [0.05, 0.1) is 5.92 Å². The van der Waals surface area contributed by atoms with Crippen molar-refractivity contribution in [1.82, 2.24) is 4.90 Å². The molecule has 1 N–H and O–H groups in total. The van der Waals surface area contributed by atoms with Crippen molar-refractivity contribution in [3.63, 3.8) is 0 Å². The van der Waals surface area contributed by atoms with E-state index in [1.54, 1.807) is 4.90 Å². The summed E-state index contributed by atoms with van der Waals surface area (Å²) in [7, 11) is 0. The van der Waals surface area contributed by atoms with Crippen molar-refractivity contribution in [2.75, 3.05) is 18.4 Å². The second-order valence-electron chi connectivity index (χ2n) is 7.42. The molecular formula is C22H23FN2O2. The summed E-state index contributed by atoms with van der Waals surface area (Å²) in [6.07, 6.45) is 4.92. The first-order valence-corrected chi connectivity index (χ1v) is 9.57. The summed E-state index contributed by atoms with van der Waals surface area (Å²) in [6, 6.07) is 11.7. The van der Waals surface area contributed by atoms with Crippen LogP contribution in [0.15, 0.2) is 42.5 Å². The normalized spacial score (nSPS) is 18.9. The van der Waals surface area contributed by atoms with Crippen LogP contribution in [-0.4, -0.2) is 29.8 Å². The third-order valence-corrected chi connectivity index (χ3v) is 5.54. The van der Waals surface area contributed by atoms with E-state index in [9.17, 15) is 14.0 Å². The number of piperidine rings is 1. The number of hydrogen-bond acceptors (Lipinski definition) is 2. The lowest BCUT2D eigenvalue weighted by Crippen LogP contribution is -2.43. The summed E-state index contributed by atoms with van der Waals surface area (Å²) >= 11 is 0. The van der Waals surface area contributed by atoms with E-state index in [0.29, 0.717) is 18.7 Å². The van der Waals surface area contributed by atoms with Crippen LogP contribution in [-0.2, 0) is 17.6 Å². The predicted octanol–water partition coefficient (Wildman–Crippen LogP) is 3.81. The third-order valence-electron chi connectivity index (χ3n) is 5.54. The molecule has 5 heteroatoms. The summed E-state index contributed by atoms with van der Waals surface area (Å²) in [5, 5.41) is 3.02. The van der Waals surface area contributed by atoms with E-state index in [0.717, 1.165) is 31.4 Å². The zero-order chi connectivity index (χ0) is 18.8. The molecule has 0 saturated carbocycles. The number of hydrogen-bond donors (Lipinski definition) is 1. The van der Waals surface area contributed by atoms with Gasteiger partial charge in [-0.2, -0.15) is 0 Å². The quantitative estimate of drug-likeness (QED) is 0.898. The molecule has 4 nitrogen and oxygen atoms in total. The number of carbonyl (C=O) groups is 2. The molecule has 0 radical (unpaired) electrons. The Morgan fingerprint density at radius 1 is 1.00 bits per heavy atom. The van der Waals surface area contributed by atoms with Gasteiger partial charge in [0.1, 0.15) is 5.82 Å². The Labute approximate surface area is 158 Å². The molecule has 2 aliphatic rings. The van der Waals surface area contributed by atoms with E-state index in [-0.39, 0.29) is 23.5 Å². The van der Waals surface area contributed by atoms with Gasteiger partial charge in [0.15, 0.2) is 0 Å². The third kappa shape index (κ3) is 3.87. The largest absolute Gasteiger partial charge is 0.338 e. The van der Waals surface area contributed by atoms with Gasteiger partial charge in [-0.3, -0.25) is 9.59 Å². The Bertz CT molecular complexity index is 863. The fourth-order valence-electron chi connectivity index (χ4n) is 4.04. The number of aryl methyl sites for hydroxylation is 2. The Hall–Kier alpha value is -2.69. The van der Waals surface area contributed by atoms with Crippen LogP contribution >= 0.6 is 0 Å². The van der Waals surface area contributed by atoms with Crippen LogP contribution in [0.5, 0.6) is 0 Å². The topological polar surface area (TPSA) is 49.4 Å². The molecule has 1 fully saturated rings. The molecule has 4 rings (SSSR count). The van der Waals surface area contributed by atoms with E-state index >= 15 is 0 Å². The van der Waals surface area contributed by atoms with Crippen LogP contribution in [0.1, 0.15) is 40.7 Å². The van der Waals surface area contributed by atoms with E-state index < -0.39 is 0 Å². The van der Waals surface area contributed by atoms with Crippen molar-refractivity contribution < 1.29 is 14.0 Å². The summed E-state index contributed by atoms with van der Waals surface area (Å²) in [4.78, 5) is 27.1. The number of likely N-dealkylation sites (tertiary alicyclic amines) is 1. The minimum Gasteiger partial charge on any atom is -0.338 e. The Balaban J connectivity index is 1.40. The van der Waals surface area contributed by atoms with Crippen molar-refractivity contribution in [3.05, 3.63) is 65.0 Å². The van der Waals surface area contributed by atoms with Crippen LogP contribution in [0.3, 0.4) is 0 Å². The van der Waals surface area contributed by atoms with Crippen molar-refractivity contribution >= 4 is 17.5 Å². The number of fused-ring (bicyclic) bond motifs is 1. The van der Waals surface area contributed by atoms with E-state index in [1.807, 2.05) is 6.07 Å². The molecule has 1 aliphatic carbocycles. The van der Waals surface area contributed by atoms with E-state index in [2.05, 4.69) is 17.4 Å². The highest BCUT2D eigenvalue weighted by Gasteiger charge is 2.29. The lowest BCUT2D eigenvalue weighted by atomic mass is 9.96. The highest BCUT2D eigenvalue weighted by atomic mass is 19.1. The zero-order valence-corrected chi connectivity index (χ0v) is 15.2. The molecule has 2 aromatic carbocycles. The summed E-state index contributed by atoms with van der Waals surface area (Å²) in [5.74, 6) is -0.775. The molecule has 2 amide bonds. The molecule has 140 valence electrons. The van der Waals surface area contributed by atoms with Gasteiger partial charge >= 0.3 is 0 Å². The first-order valence-electron chi connectivity index (χ1n) is 9.57. The van der Waals surface area contributed by atoms with Crippen LogP contribution in [0.2, 0.25) is 0 Å². The van der Waals surface area contributed by atoms with E-state index in [4.69, 9.17) is 0 Å². The van der Waals surface area contributed by atoms with Crippen LogP contribution < -0.4 is 5.32 Å². The first-order chi connectivity index (χ1) is 13.1. The van der Waals surface area contributed by atoms with Gasteiger partial charge in [0.2, 0.25) is 5.91 Å². The smallest absolute Gasteiger partial charge is 0.253 e. The molecule has 1 heterocycles. The number of halogens is 1. The number of carbonyl (C=O) groups excluding carboxylic acids is 2. The van der Waals surface area contributed by atoms with E-state index in [1.165, 1.54) is 41.8 Å². The molecule has 27 heavy (non-hydrogen) atoms. The second kappa shape index (κ2) is 7.51. The molecule has 0 spiro atoms. The van der Waals surface area contributed by atoms with Crippen LogP contribution in [0, 0.1) is 11.7 Å². The lowest BCUT2D eigenvalue weighted by molar-refractivity contribution is -0.121. The molecular weight excluding hydrogens is 343 g/mol. The summed E-state index contributed by atoms with van der Waals surface area (Å²) in [5.41, 5.74) is 3.99. The van der Waals surface area contributed by atoms with Crippen LogP contribution in [0.4, 0.5) is 10.1 Å². The van der Waals surface area contributed by atoms with Crippen LogP contribution in [0.25, 0.3) is 0 Å². The summed E-state index contributed by atoms with van der Waals surface area (Å²) < 4.78 is 13.1. The Kier molecular flexibility index (Phi) is 4.92. The van der Waals surface area contributed by atoms with Crippen molar-refractivity contribution in [1.29, 1.82) is 0 Å². The molecule has 0 unspecified atom stereocenters. The highest BCUT2D eigenvalue weighted by Crippen LogP contribution is 2.26. The fraction of sp³-hybridized carbons (Fsp3) is 0.364. The van der Waals surface area contributed by atoms with Crippen molar-refractivity contribution in [2.24, 2.45) is 5.92 Å². The maximum Gasteiger partial charge on any atom is 0.253 e. The molecule has 1 aliphatic heterocycles. The predicted molar refractivity (Wildman–Crippen MR) is 102 cm³/mol. The van der Waals surface area contributed by atoms with Crippen molar-refractivity contribution in [3.8, 4) is 0 Å². The molecule has 0 aromatic heterocycles. The molecule has 1 saturated heterocycles. The van der Waals surface area contributed by atoms with Crippen molar-refractivity contribution in [2.45, 2.75) is 32.1 Å². The highest BCUT2D eigenvalue weighted by molar-refractivity contribution is 5.96. The maximum absolute atomic E-state index is 13.1. The Morgan fingerprint density at radius 2 is 1.78 bits per heavy atom. The molecule has 1 atom stereocenters. The van der Waals surface area contributed by atoms with Gasteiger partial charge in [-0.05, 0) is 79.6 Å². The monoisotopic (exact) mass is 366 g/mol. The second-order valence-corrected chi connectivity index (χ2v) is 7.42. The number of benzene rings is 2. The standard InChI is InChI=1S/C22H23FN2O2/c23-19-9-6-16(7-10-19)22(27)25-12-2-5-18(14-25)21(26)24-20-11-8-15-3-1-4-17(15)13-20/h6-11,13,18H,1-5,12,14H2,(H,24,26)/t18-/m0/s1. The van der Waals surface area contributed by atoms with Gasteiger partial charge in [-0.25, -0.2) is 4.39 Å². The average molecular weight is 366 g/mol. The minimum absolute atomic E-state index is 0.0375. The Morgan fingerprint density at radius 3 is 2.59 bits per heavy atom. The fourth-order valence-corrected chi connectivity index (χ4v) is 4.04. The van der Waals surface area contributed by atoms with Gasteiger partial charge in [-0.15, -0.1) is 0 Å². The zero-order valence-electron chi connectivity index (χ0n) is 15.2. The van der Waals surface area contributed by atoms with Gasteiger partial charge in [-0.1, -0.05) is 6.07 Å². The van der Waals surface area contributed by atoms with Gasteiger partial charge in [0.25, 0.3) is 5.91 Å². The van der Waals surface area contributed by atoms with Gasteiger partial charge in [0, 0.05) is 24.3 Å². The molecule has 2 aromatic rings.